The second kappa shape index (κ2) is 6.90. The zero-order valence-electron chi connectivity index (χ0n) is 12.4. The van der Waals surface area contributed by atoms with Crippen LogP contribution in [0.25, 0.3) is 0 Å². The number of rotatable bonds is 5. The van der Waals surface area contributed by atoms with Crippen molar-refractivity contribution >= 4 is 5.91 Å². The van der Waals surface area contributed by atoms with Crippen LogP contribution in [0.4, 0.5) is 0 Å². The molecule has 0 bridgehead atoms. The van der Waals surface area contributed by atoms with Gasteiger partial charge in [0, 0.05) is 25.8 Å². The Morgan fingerprint density at radius 3 is 2.90 bits per heavy atom. The van der Waals surface area contributed by atoms with Gasteiger partial charge in [-0.05, 0) is 51.4 Å². The molecule has 1 fully saturated rings. The van der Waals surface area contributed by atoms with E-state index in [1.165, 1.54) is 0 Å². The Hall–Kier alpha value is -1.33. The number of hydrogen-bond acceptors (Lipinski definition) is 3. The lowest BCUT2D eigenvalue weighted by molar-refractivity contribution is 0.0754. The predicted molar refractivity (Wildman–Crippen MR) is 78.8 cm³/mol. The molecular formula is C15H25N3O2. The Morgan fingerprint density at radius 2 is 2.25 bits per heavy atom. The Morgan fingerprint density at radius 1 is 1.55 bits per heavy atom. The maximum absolute atomic E-state index is 12.5. The molecule has 5 nitrogen and oxygen atoms in total. The van der Waals surface area contributed by atoms with Crippen molar-refractivity contribution in [3.05, 3.63) is 24.0 Å². The summed E-state index contributed by atoms with van der Waals surface area (Å²) in [5.41, 5.74) is 0.755. The van der Waals surface area contributed by atoms with E-state index in [-0.39, 0.29) is 12.0 Å². The van der Waals surface area contributed by atoms with Gasteiger partial charge in [0.25, 0.3) is 5.91 Å². The highest BCUT2D eigenvalue weighted by Crippen LogP contribution is 2.22. The first-order chi connectivity index (χ1) is 9.59. The van der Waals surface area contributed by atoms with Crippen molar-refractivity contribution in [2.24, 2.45) is 0 Å². The summed E-state index contributed by atoms with van der Waals surface area (Å²) < 4.78 is 2.11. The molecule has 1 aromatic rings. The largest absolute Gasteiger partial charge is 0.393 e. The second-order valence-electron chi connectivity index (χ2n) is 5.65. The third-order valence-corrected chi connectivity index (χ3v) is 3.93. The molecule has 0 aliphatic carbocycles. The van der Waals surface area contributed by atoms with Crippen LogP contribution in [0.1, 0.15) is 42.7 Å². The highest BCUT2D eigenvalue weighted by molar-refractivity contribution is 5.92. The number of carbonyl (C=O) groups is 1. The topological polar surface area (TPSA) is 57.5 Å². The predicted octanol–water partition coefficient (Wildman–Crippen LogP) is 1.26. The number of nitrogens with zero attached hydrogens (tertiary/aromatic N) is 2. The molecule has 1 aromatic heterocycles. The third kappa shape index (κ3) is 3.61. The number of aliphatic hydroxyl groups is 1. The van der Waals surface area contributed by atoms with Crippen LogP contribution in [0.3, 0.4) is 0 Å². The number of amides is 1. The lowest BCUT2D eigenvalue weighted by atomic mass is 10.1. The summed E-state index contributed by atoms with van der Waals surface area (Å²) in [4.78, 5) is 14.2. The second-order valence-corrected chi connectivity index (χ2v) is 5.65. The van der Waals surface area contributed by atoms with Crippen molar-refractivity contribution in [2.45, 2.75) is 38.3 Å². The molecule has 0 spiro atoms. The Kier molecular flexibility index (Phi) is 5.20. The van der Waals surface area contributed by atoms with Crippen LogP contribution in [-0.4, -0.2) is 53.3 Å². The number of nitrogens with one attached hydrogen (secondary N) is 1. The van der Waals surface area contributed by atoms with Crippen molar-refractivity contribution < 1.29 is 9.90 Å². The van der Waals surface area contributed by atoms with Gasteiger partial charge in [-0.2, -0.15) is 0 Å². The number of aliphatic hydroxyl groups excluding tert-OH is 1. The van der Waals surface area contributed by atoms with Gasteiger partial charge in [-0.25, -0.2) is 0 Å². The van der Waals surface area contributed by atoms with Gasteiger partial charge < -0.3 is 19.9 Å². The lowest BCUT2D eigenvalue weighted by Gasteiger charge is -2.27. The summed E-state index contributed by atoms with van der Waals surface area (Å²) in [6, 6.07) is 4.25. The molecular weight excluding hydrogens is 254 g/mol. The van der Waals surface area contributed by atoms with E-state index in [9.17, 15) is 9.90 Å². The first-order valence-corrected chi connectivity index (χ1v) is 7.40. The van der Waals surface area contributed by atoms with Gasteiger partial charge in [-0.1, -0.05) is 0 Å². The highest BCUT2D eigenvalue weighted by Gasteiger charge is 2.21. The van der Waals surface area contributed by atoms with Crippen LogP contribution >= 0.6 is 0 Å². The average molecular weight is 279 g/mol. The minimum Gasteiger partial charge on any atom is -0.393 e. The van der Waals surface area contributed by atoms with E-state index in [0.29, 0.717) is 19.0 Å². The molecule has 20 heavy (non-hydrogen) atoms. The molecule has 1 saturated heterocycles. The van der Waals surface area contributed by atoms with E-state index in [2.05, 4.69) is 9.88 Å². The van der Waals surface area contributed by atoms with Gasteiger partial charge in [0.2, 0.25) is 0 Å². The SMILES string of the molecule is CC(O)CCN(C)C(=O)c1cccn1C1CCNCC1. The van der Waals surface area contributed by atoms with Gasteiger partial charge in [0.05, 0.1) is 6.10 Å². The number of hydrogen-bond donors (Lipinski definition) is 2. The van der Waals surface area contributed by atoms with Crippen molar-refractivity contribution in [2.75, 3.05) is 26.7 Å². The first-order valence-electron chi connectivity index (χ1n) is 7.40. The number of piperidine rings is 1. The van der Waals surface area contributed by atoms with Crippen LogP contribution in [0, 0.1) is 0 Å². The van der Waals surface area contributed by atoms with E-state index < -0.39 is 0 Å². The molecule has 0 saturated carbocycles. The summed E-state index contributed by atoms with van der Waals surface area (Å²) in [7, 11) is 1.80. The van der Waals surface area contributed by atoms with E-state index in [4.69, 9.17) is 0 Å². The smallest absolute Gasteiger partial charge is 0.270 e. The van der Waals surface area contributed by atoms with Crippen LogP contribution in [0.2, 0.25) is 0 Å². The quantitative estimate of drug-likeness (QED) is 0.853. The molecule has 2 rings (SSSR count). The zero-order chi connectivity index (χ0) is 14.5. The Balaban J connectivity index is 2.04. The fraction of sp³-hybridized carbons (Fsp3) is 0.667. The summed E-state index contributed by atoms with van der Waals surface area (Å²) >= 11 is 0. The van der Waals surface area contributed by atoms with Crippen molar-refractivity contribution in [3.63, 3.8) is 0 Å². The molecule has 2 N–H and O–H groups in total. The van der Waals surface area contributed by atoms with Gasteiger partial charge in [0.1, 0.15) is 5.69 Å². The molecule has 1 aliphatic rings. The van der Waals surface area contributed by atoms with Crippen molar-refractivity contribution in [1.82, 2.24) is 14.8 Å². The van der Waals surface area contributed by atoms with Gasteiger partial charge in [-0.3, -0.25) is 4.79 Å². The average Bonchev–Trinajstić information content (AvgIpc) is 2.94. The number of aromatic nitrogens is 1. The van der Waals surface area contributed by atoms with Gasteiger partial charge in [0.15, 0.2) is 0 Å². The molecule has 112 valence electrons. The number of carbonyl (C=O) groups excluding carboxylic acids is 1. The summed E-state index contributed by atoms with van der Waals surface area (Å²) in [5, 5.41) is 12.7. The summed E-state index contributed by atoms with van der Waals surface area (Å²) in [6.45, 7) is 4.34. The van der Waals surface area contributed by atoms with E-state index >= 15 is 0 Å². The molecule has 1 atom stereocenters. The van der Waals surface area contributed by atoms with Gasteiger partial charge in [-0.15, -0.1) is 0 Å². The normalized spacial score (nSPS) is 17.9. The fourth-order valence-corrected chi connectivity index (χ4v) is 2.66. The Labute approximate surface area is 120 Å². The van der Waals surface area contributed by atoms with Crippen LogP contribution in [0.5, 0.6) is 0 Å². The van der Waals surface area contributed by atoms with E-state index in [1.54, 1.807) is 18.9 Å². The molecule has 1 aliphatic heterocycles. The maximum Gasteiger partial charge on any atom is 0.270 e. The Bertz CT molecular complexity index is 436. The molecule has 0 aromatic carbocycles. The lowest BCUT2D eigenvalue weighted by Crippen LogP contribution is -2.34. The van der Waals surface area contributed by atoms with Crippen LogP contribution < -0.4 is 5.32 Å². The molecule has 0 radical (unpaired) electrons. The minimum absolute atomic E-state index is 0.0363. The zero-order valence-corrected chi connectivity index (χ0v) is 12.4. The van der Waals surface area contributed by atoms with Crippen LogP contribution in [0.15, 0.2) is 18.3 Å². The summed E-state index contributed by atoms with van der Waals surface area (Å²) in [5.74, 6) is 0.0363. The fourth-order valence-electron chi connectivity index (χ4n) is 2.66. The monoisotopic (exact) mass is 279 g/mol. The first kappa shape index (κ1) is 15.1. The van der Waals surface area contributed by atoms with Crippen molar-refractivity contribution in [1.29, 1.82) is 0 Å². The van der Waals surface area contributed by atoms with E-state index in [1.807, 2.05) is 18.3 Å². The molecule has 2 heterocycles. The third-order valence-electron chi connectivity index (χ3n) is 3.93. The molecule has 1 amide bonds. The maximum atomic E-state index is 12.5. The van der Waals surface area contributed by atoms with Gasteiger partial charge >= 0.3 is 0 Å². The molecule has 5 heteroatoms. The molecule has 1 unspecified atom stereocenters. The highest BCUT2D eigenvalue weighted by atomic mass is 16.3. The van der Waals surface area contributed by atoms with Crippen LogP contribution in [-0.2, 0) is 0 Å². The summed E-state index contributed by atoms with van der Waals surface area (Å²) in [6.07, 6.45) is 4.36. The van der Waals surface area contributed by atoms with Crippen molar-refractivity contribution in [3.8, 4) is 0 Å². The standard InChI is InChI=1S/C15H25N3O2/c1-12(19)7-11-17(2)15(20)14-4-3-10-18(14)13-5-8-16-9-6-13/h3-4,10,12-13,16,19H,5-9,11H2,1-2H3. The minimum atomic E-state index is -0.374. The van der Waals surface area contributed by atoms with E-state index in [0.717, 1.165) is 31.6 Å².